The summed E-state index contributed by atoms with van der Waals surface area (Å²) in [6.07, 6.45) is 5.74. The monoisotopic (exact) mass is 322 g/mol. The van der Waals surface area contributed by atoms with Crippen molar-refractivity contribution in [3.05, 3.63) is 52.0 Å². The normalized spacial score (nSPS) is 10.6. The molecule has 0 radical (unpaired) electrons. The number of carboxylic acid groups (broad SMARTS) is 1. The van der Waals surface area contributed by atoms with Gasteiger partial charge >= 0.3 is 5.97 Å². The van der Waals surface area contributed by atoms with Crippen molar-refractivity contribution < 1.29 is 9.90 Å². The third-order valence-electron chi connectivity index (χ3n) is 2.92. The van der Waals surface area contributed by atoms with E-state index in [9.17, 15) is 4.79 Å². The zero-order valence-corrected chi connectivity index (χ0v) is 12.2. The van der Waals surface area contributed by atoms with E-state index in [0.717, 1.165) is 28.7 Å². The van der Waals surface area contributed by atoms with Gasteiger partial charge in [-0.1, -0.05) is 28.9 Å². The molecule has 4 nitrogen and oxygen atoms in total. The summed E-state index contributed by atoms with van der Waals surface area (Å²) < 4.78 is 2.90. The number of hydrogen-bond acceptors (Lipinski definition) is 2. The number of rotatable bonds is 5. The molecule has 0 saturated carbocycles. The lowest BCUT2D eigenvalue weighted by Crippen LogP contribution is -2.05. The number of halogens is 1. The van der Waals surface area contributed by atoms with Gasteiger partial charge in [-0.15, -0.1) is 0 Å². The van der Waals surface area contributed by atoms with Gasteiger partial charge in [-0.3, -0.25) is 0 Å². The Morgan fingerprint density at radius 2 is 2.26 bits per heavy atom. The van der Waals surface area contributed by atoms with Gasteiger partial charge in [-0.2, -0.15) is 0 Å². The van der Waals surface area contributed by atoms with Crippen molar-refractivity contribution in [3.8, 4) is 0 Å². The van der Waals surface area contributed by atoms with E-state index in [1.165, 1.54) is 0 Å². The quantitative estimate of drug-likeness (QED) is 0.918. The van der Waals surface area contributed by atoms with E-state index >= 15 is 0 Å². The molecular formula is C14H15BrN2O2. The van der Waals surface area contributed by atoms with Crippen LogP contribution in [0.25, 0.3) is 0 Å². The molecule has 0 aliphatic rings. The van der Waals surface area contributed by atoms with Gasteiger partial charge in [0.1, 0.15) is 5.82 Å². The molecule has 0 bridgehead atoms. The summed E-state index contributed by atoms with van der Waals surface area (Å²) in [5.74, 6) is 0.137. The summed E-state index contributed by atoms with van der Waals surface area (Å²) in [5.41, 5.74) is 1.33. The van der Waals surface area contributed by atoms with Crippen LogP contribution in [0.1, 0.15) is 35.1 Å². The molecule has 19 heavy (non-hydrogen) atoms. The molecule has 0 saturated heterocycles. The fourth-order valence-electron chi connectivity index (χ4n) is 1.93. The van der Waals surface area contributed by atoms with Gasteiger partial charge in [-0.05, 0) is 24.1 Å². The van der Waals surface area contributed by atoms with E-state index in [0.29, 0.717) is 6.54 Å². The van der Waals surface area contributed by atoms with Crippen LogP contribution in [-0.4, -0.2) is 20.6 Å². The van der Waals surface area contributed by atoms with Crippen molar-refractivity contribution in [1.82, 2.24) is 9.55 Å². The fourth-order valence-corrected chi connectivity index (χ4v) is 2.43. The van der Waals surface area contributed by atoms with Crippen molar-refractivity contribution >= 4 is 21.9 Å². The summed E-state index contributed by atoms with van der Waals surface area (Å²) in [4.78, 5) is 15.2. The second-order valence-electron chi connectivity index (χ2n) is 4.33. The van der Waals surface area contributed by atoms with Gasteiger partial charge < -0.3 is 9.67 Å². The minimum absolute atomic E-state index is 0.287. The van der Waals surface area contributed by atoms with Crippen LogP contribution >= 0.6 is 15.9 Å². The summed E-state index contributed by atoms with van der Waals surface area (Å²) in [7, 11) is 0. The summed E-state index contributed by atoms with van der Waals surface area (Å²) >= 11 is 3.43. The Morgan fingerprint density at radius 3 is 2.89 bits per heavy atom. The van der Waals surface area contributed by atoms with Crippen molar-refractivity contribution in [3.63, 3.8) is 0 Å². The Hall–Kier alpha value is -1.62. The van der Waals surface area contributed by atoms with Crippen LogP contribution in [0.4, 0.5) is 0 Å². The molecule has 1 aromatic carbocycles. The maximum Gasteiger partial charge on any atom is 0.335 e. The third kappa shape index (κ3) is 3.23. The molecule has 2 aromatic rings. The van der Waals surface area contributed by atoms with Crippen molar-refractivity contribution in [2.75, 3.05) is 0 Å². The first-order chi connectivity index (χ1) is 9.11. The number of benzene rings is 1. The van der Waals surface area contributed by atoms with Gasteiger partial charge in [0.25, 0.3) is 0 Å². The van der Waals surface area contributed by atoms with E-state index in [2.05, 4.69) is 32.4 Å². The molecule has 0 aliphatic carbocycles. The predicted octanol–water partition coefficient (Wildman–Crippen LogP) is 3.34. The third-order valence-corrected chi connectivity index (χ3v) is 3.65. The zero-order chi connectivity index (χ0) is 13.8. The number of aromatic carboxylic acids is 1. The topological polar surface area (TPSA) is 55.1 Å². The molecule has 0 unspecified atom stereocenters. The van der Waals surface area contributed by atoms with Gasteiger partial charge in [0, 0.05) is 29.8 Å². The lowest BCUT2D eigenvalue weighted by molar-refractivity contribution is 0.0697. The average molecular weight is 323 g/mol. The summed E-state index contributed by atoms with van der Waals surface area (Å²) in [6.45, 7) is 2.81. The molecule has 100 valence electrons. The maximum absolute atomic E-state index is 10.9. The molecule has 0 atom stereocenters. The number of imidazole rings is 1. The fraction of sp³-hybridized carbons (Fsp3) is 0.286. The van der Waals surface area contributed by atoms with Gasteiger partial charge in [0.05, 0.1) is 5.56 Å². The van der Waals surface area contributed by atoms with Crippen molar-refractivity contribution in [1.29, 1.82) is 0 Å². The molecule has 0 fully saturated rings. The Kier molecular flexibility index (Phi) is 4.37. The molecule has 5 heteroatoms. The Morgan fingerprint density at radius 1 is 1.47 bits per heavy atom. The SMILES string of the molecule is CCCc1nccn1Cc1ccc(C(=O)O)cc1Br. The number of carboxylic acids is 1. The molecule has 0 aliphatic heterocycles. The molecular weight excluding hydrogens is 308 g/mol. The van der Waals surface area contributed by atoms with E-state index in [1.54, 1.807) is 18.3 Å². The highest BCUT2D eigenvalue weighted by Gasteiger charge is 2.08. The van der Waals surface area contributed by atoms with E-state index < -0.39 is 5.97 Å². The summed E-state index contributed by atoms with van der Waals surface area (Å²) in [6, 6.07) is 5.09. The highest BCUT2D eigenvalue weighted by atomic mass is 79.9. The van der Waals surface area contributed by atoms with Crippen LogP contribution in [-0.2, 0) is 13.0 Å². The first-order valence-electron chi connectivity index (χ1n) is 6.13. The molecule has 2 rings (SSSR count). The van der Waals surface area contributed by atoms with Crippen LogP contribution in [0.5, 0.6) is 0 Å². The smallest absolute Gasteiger partial charge is 0.335 e. The van der Waals surface area contributed by atoms with E-state index in [4.69, 9.17) is 5.11 Å². The largest absolute Gasteiger partial charge is 0.478 e. The molecule has 1 heterocycles. The number of nitrogens with zero attached hydrogens (tertiary/aromatic N) is 2. The summed E-state index contributed by atoms with van der Waals surface area (Å²) in [5, 5.41) is 8.93. The van der Waals surface area contributed by atoms with Crippen LogP contribution in [0.2, 0.25) is 0 Å². The zero-order valence-electron chi connectivity index (χ0n) is 10.6. The van der Waals surface area contributed by atoms with Gasteiger partial charge in [0.2, 0.25) is 0 Å². The molecule has 0 spiro atoms. The van der Waals surface area contributed by atoms with Crippen LogP contribution in [0, 0.1) is 0 Å². The first kappa shape index (κ1) is 13.8. The lowest BCUT2D eigenvalue weighted by atomic mass is 10.1. The van der Waals surface area contributed by atoms with Gasteiger partial charge in [0.15, 0.2) is 0 Å². The number of carbonyl (C=O) groups is 1. The highest BCUT2D eigenvalue weighted by molar-refractivity contribution is 9.10. The Balaban J connectivity index is 2.23. The van der Waals surface area contributed by atoms with Crippen molar-refractivity contribution in [2.24, 2.45) is 0 Å². The second-order valence-corrected chi connectivity index (χ2v) is 5.19. The Bertz CT molecular complexity index is 593. The average Bonchev–Trinajstić information content (AvgIpc) is 2.79. The minimum Gasteiger partial charge on any atom is -0.478 e. The van der Waals surface area contributed by atoms with Crippen LogP contribution in [0.15, 0.2) is 35.1 Å². The number of hydrogen-bond donors (Lipinski definition) is 1. The predicted molar refractivity (Wildman–Crippen MR) is 76.4 cm³/mol. The van der Waals surface area contributed by atoms with E-state index in [-0.39, 0.29) is 5.56 Å². The minimum atomic E-state index is -0.915. The number of aryl methyl sites for hydroxylation is 1. The molecule has 0 amide bonds. The highest BCUT2D eigenvalue weighted by Crippen LogP contribution is 2.20. The molecule has 1 N–H and O–H groups in total. The Labute approximate surface area is 120 Å². The standard InChI is InChI=1S/C14H15BrN2O2/c1-2-3-13-16-6-7-17(13)9-11-5-4-10(14(18)19)8-12(11)15/h4-8H,2-3,9H2,1H3,(H,18,19). The van der Waals surface area contributed by atoms with Crippen molar-refractivity contribution in [2.45, 2.75) is 26.3 Å². The van der Waals surface area contributed by atoms with Crippen LogP contribution in [0.3, 0.4) is 0 Å². The second kappa shape index (κ2) is 6.02. The first-order valence-corrected chi connectivity index (χ1v) is 6.93. The molecule has 1 aromatic heterocycles. The van der Waals surface area contributed by atoms with Gasteiger partial charge in [-0.25, -0.2) is 9.78 Å². The van der Waals surface area contributed by atoms with E-state index in [1.807, 2.05) is 12.3 Å². The maximum atomic E-state index is 10.9. The number of aromatic nitrogens is 2. The van der Waals surface area contributed by atoms with Crippen LogP contribution < -0.4 is 0 Å². The lowest BCUT2D eigenvalue weighted by Gasteiger charge is -2.09.